The summed E-state index contributed by atoms with van der Waals surface area (Å²) in [5, 5.41) is 2.73. The molecular formula is C17H20N2O3. The van der Waals surface area contributed by atoms with Gasteiger partial charge in [0.1, 0.15) is 11.5 Å². The van der Waals surface area contributed by atoms with E-state index in [1.54, 1.807) is 18.2 Å². The van der Waals surface area contributed by atoms with Gasteiger partial charge in [-0.15, -0.1) is 0 Å². The Labute approximate surface area is 130 Å². The standard InChI is InChI=1S/C17H20N2O3/c1-3-12-4-7-14(8-5-12)22-11-17(20)19-15-10-13(18)6-9-16(15)21-2/h4-10H,3,11,18H2,1-2H3,(H,19,20). The summed E-state index contributed by atoms with van der Waals surface area (Å²) in [6, 6.07) is 12.7. The number of carbonyl (C=O) groups is 1. The molecule has 5 heteroatoms. The highest BCUT2D eigenvalue weighted by Crippen LogP contribution is 2.26. The van der Waals surface area contributed by atoms with Crippen molar-refractivity contribution in [2.45, 2.75) is 13.3 Å². The molecule has 0 saturated carbocycles. The van der Waals surface area contributed by atoms with Crippen molar-refractivity contribution in [3.63, 3.8) is 0 Å². The Morgan fingerprint density at radius 1 is 1.18 bits per heavy atom. The monoisotopic (exact) mass is 300 g/mol. The van der Waals surface area contributed by atoms with Crippen LogP contribution in [-0.4, -0.2) is 19.6 Å². The van der Waals surface area contributed by atoms with Crippen molar-refractivity contribution >= 4 is 17.3 Å². The zero-order chi connectivity index (χ0) is 15.9. The Morgan fingerprint density at radius 2 is 1.91 bits per heavy atom. The minimum atomic E-state index is -0.275. The first kappa shape index (κ1) is 15.7. The summed E-state index contributed by atoms with van der Waals surface area (Å²) in [6.45, 7) is 2.01. The smallest absolute Gasteiger partial charge is 0.262 e. The van der Waals surface area contributed by atoms with E-state index in [9.17, 15) is 4.79 Å². The summed E-state index contributed by atoms with van der Waals surface area (Å²) in [5.41, 5.74) is 8.01. The molecule has 116 valence electrons. The minimum Gasteiger partial charge on any atom is -0.495 e. The lowest BCUT2D eigenvalue weighted by Crippen LogP contribution is -2.20. The predicted molar refractivity (Wildman–Crippen MR) is 87.4 cm³/mol. The number of hydrogen-bond acceptors (Lipinski definition) is 4. The third-order valence-corrected chi connectivity index (χ3v) is 3.20. The van der Waals surface area contributed by atoms with Crippen LogP contribution in [0.4, 0.5) is 11.4 Å². The molecule has 0 atom stereocenters. The number of methoxy groups -OCH3 is 1. The third kappa shape index (κ3) is 4.15. The molecule has 2 rings (SSSR count). The van der Waals surface area contributed by atoms with Crippen LogP contribution in [0.2, 0.25) is 0 Å². The molecule has 0 aliphatic heterocycles. The molecule has 0 aliphatic carbocycles. The van der Waals surface area contributed by atoms with Crippen LogP contribution in [0, 0.1) is 0 Å². The Morgan fingerprint density at radius 3 is 2.55 bits per heavy atom. The highest BCUT2D eigenvalue weighted by Gasteiger charge is 2.09. The molecule has 0 radical (unpaired) electrons. The fourth-order valence-corrected chi connectivity index (χ4v) is 1.98. The van der Waals surface area contributed by atoms with Gasteiger partial charge in [-0.25, -0.2) is 0 Å². The van der Waals surface area contributed by atoms with E-state index in [-0.39, 0.29) is 12.5 Å². The average Bonchev–Trinajstić information content (AvgIpc) is 2.53. The molecule has 0 bridgehead atoms. The van der Waals surface area contributed by atoms with Crippen molar-refractivity contribution in [1.82, 2.24) is 0 Å². The zero-order valence-corrected chi connectivity index (χ0v) is 12.8. The van der Waals surface area contributed by atoms with Gasteiger partial charge in [0.25, 0.3) is 5.91 Å². The van der Waals surface area contributed by atoms with Gasteiger partial charge in [-0.05, 0) is 42.3 Å². The maximum atomic E-state index is 12.0. The van der Waals surface area contributed by atoms with Crippen molar-refractivity contribution in [1.29, 1.82) is 0 Å². The van der Waals surface area contributed by atoms with Gasteiger partial charge in [-0.2, -0.15) is 0 Å². The second-order valence-corrected chi connectivity index (χ2v) is 4.79. The molecule has 22 heavy (non-hydrogen) atoms. The molecule has 0 unspecified atom stereocenters. The lowest BCUT2D eigenvalue weighted by atomic mass is 10.2. The Kier molecular flexibility index (Phi) is 5.25. The van der Waals surface area contributed by atoms with Crippen LogP contribution in [-0.2, 0) is 11.2 Å². The number of ether oxygens (including phenoxy) is 2. The maximum absolute atomic E-state index is 12.0. The molecule has 0 saturated heterocycles. The Hall–Kier alpha value is -2.69. The molecule has 2 aromatic rings. The first-order valence-corrected chi connectivity index (χ1v) is 7.07. The molecule has 5 nitrogen and oxygen atoms in total. The van der Waals surface area contributed by atoms with E-state index >= 15 is 0 Å². The quantitative estimate of drug-likeness (QED) is 0.805. The second-order valence-electron chi connectivity index (χ2n) is 4.79. The van der Waals surface area contributed by atoms with Crippen LogP contribution in [0.3, 0.4) is 0 Å². The number of nitrogen functional groups attached to an aromatic ring is 1. The van der Waals surface area contributed by atoms with Gasteiger partial charge in [-0.1, -0.05) is 19.1 Å². The first-order valence-electron chi connectivity index (χ1n) is 7.07. The van der Waals surface area contributed by atoms with E-state index < -0.39 is 0 Å². The van der Waals surface area contributed by atoms with Crippen molar-refractivity contribution in [2.24, 2.45) is 0 Å². The van der Waals surface area contributed by atoms with E-state index in [4.69, 9.17) is 15.2 Å². The number of carbonyl (C=O) groups excluding carboxylic acids is 1. The van der Waals surface area contributed by atoms with E-state index in [0.29, 0.717) is 22.9 Å². The number of benzene rings is 2. The van der Waals surface area contributed by atoms with Gasteiger partial charge in [0.05, 0.1) is 12.8 Å². The van der Waals surface area contributed by atoms with Crippen LogP contribution in [0.1, 0.15) is 12.5 Å². The second kappa shape index (κ2) is 7.36. The van der Waals surface area contributed by atoms with Crippen molar-refractivity contribution in [3.8, 4) is 11.5 Å². The van der Waals surface area contributed by atoms with E-state index in [2.05, 4.69) is 12.2 Å². The van der Waals surface area contributed by atoms with E-state index in [0.717, 1.165) is 6.42 Å². The predicted octanol–water partition coefficient (Wildman–Crippen LogP) is 2.86. The molecule has 2 aromatic carbocycles. The highest BCUT2D eigenvalue weighted by molar-refractivity contribution is 5.93. The largest absolute Gasteiger partial charge is 0.495 e. The molecule has 0 fully saturated rings. The molecule has 0 aliphatic rings. The number of hydrogen-bond donors (Lipinski definition) is 2. The van der Waals surface area contributed by atoms with Crippen LogP contribution >= 0.6 is 0 Å². The fraction of sp³-hybridized carbons (Fsp3) is 0.235. The van der Waals surface area contributed by atoms with Crippen molar-refractivity contribution in [3.05, 3.63) is 48.0 Å². The Balaban J connectivity index is 1.94. The molecule has 3 N–H and O–H groups in total. The van der Waals surface area contributed by atoms with Gasteiger partial charge in [0, 0.05) is 5.69 Å². The van der Waals surface area contributed by atoms with Gasteiger partial charge in [0.15, 0.2) is 6.61 Å². The molecular weight excluding hydrogens is 280 g/mol. The summed E-state index contributed by atoms with van der Waals surface area (Å²) in [7, 11) is 1.53. The average molecular weight is 300 g/mol. The number of nitrogens with two attached hydrogens (primary N) is 1. The third-order valence-electron chi connectivity index (χ3n) is 3.20. The number of aryl methyl sites for hydroxylation is 1. The zero-order valence-electron chi connectivity index (χ0n) is 12.8. The lowest BCUT2D eigenvalue weighted by molar-refractivity contribution is -0.118. The summed E-state index contributed by atoms with van der Waals surface area (Å²) in [4.78, 5) is 12.0. The molecule has 0 heterocycles. The highest BCUT2D eigenvalue weighted by atomic mass is 16.5. The number of nitrogens with one attached hydrogen (secondary N) is 1. The minimum absolute atomic E-state index is 0.0799. The summed E-state index contributed by atoms with van der Waals surface area (Å²) in [5.74, 6) is 0.935. The van der Waals surface area contributed by atoms with Crippen molar-refractivity contribution < 1.29 is 14.3 Å². The maximum Gasteiger partial charge on any atom is 0.262 e. The lowest BCUT2D eigenvalue weighted by Gasteiger charge is -2.11. The van der Waals surface area contributed by atoms with Crippen LogP contribution in [0.5, 0.6) is 11.5 Å². The topological polar surface area (TPSA) is 73.6 Å². The van der Waals surface area contributed by atoms with Gasteiger partial charge < -0.3 is 20.5 Å². The van der Waals surface area contributed by atoms with Crippen molar-refractivity contribution in [2.75, 3.05) is 24.8 Å². The summed E-state index contributed by atoms with van der Waals surface area (Å²) in [6.07, 6.45) is 0.968. The van der Waals surface area contributed by atoms with Crippen LogP contribution < -0.4 is 20.5 Å². The van der Waals surface area contributed by atoms with E-state index in [1.807, 2.05) is 24.3 Å². The normalized spacial score (nSPS) is 10.1. The van der Waals surface area contributed by atoms with Gasteiger partial charge >= 0.3 is 0 Å². The number of rotatable bonds is 6. The number of anilines is 2. The first-order chi connectivity index (χ1) is 10.6. The molecule has 0 aromatic heterocycles. The summed E-state index contributed by atoms with van der Waals surface area (Å²) < 4.78 is 10.6. The van der Waals surface area contributed by atoms with Gasteiger partial charge in [-0.3, -0.25) is 4.79 Å². The van der Waals surface area contributed by atoms with Crippen LogP contribution in [0.15, 0.2) is 42.5 Å². The van der Waals surface area contributed by atoms with Gasteiger partial charge in [0.2, 0.25) is 0 Å². The summed E-state index contributed by atoms with van der Waals surface area (Å²) >= 11 is 0. The SMILES string of the molecule is CCc1ccc(OCC(=O)Nc2cc(N)ccc2OC)cc1. The number of amides is 1. The molecule has 1 amide bonds. The fourth-order valence-electron chi connectivity index (χ4n) is 1.98. The van der Waals surface area contributed by atoms with Crippen LogP contribution in [0.25, 0.3) is 0 Å². The van der Waals surface area contributed by atoms with E-state index in [1.165, 1.54) is 12.7 Å². The Bertz CT molecular complexity index is 639. The molecule has 0 spiro atoms.